The Bertz CT molecular complexity index is 435. The SMILES string of the molecule is FC1(F)Oc2ccc(NC3CCSC3)cc2O1. The number of hydrogen-bond donors (Lipinski definition) is 1. The van der Waals surface area contributed by atoms with Crippen molar-refractivity contribution >= 4 is 17.4 Å². The third-order valence-corrected chi connectivity index (χ3v) is 3.86. The first-order valence-electron chi connectivity index (χ1n) is 5.37. The fourth-order valence-corrected chi connectivity index (χ4v) is 3.08. The van der Waals surface area contributed by atoms with Gasteiger partial charge in [-0.3, -0.25) is 0 Å². The topological polar surface area (TPSA) is 30.5 Å². The standard InChI is InChI=1S/C11H11F2NO2S/c12-11(13)15-9-2-1-7(5-10(9)16-11)14-8-3-4-17-6-8/h1-2,5,8,14H,3-4,6H2. The summed E-state index contributed by atoms with van der Waals surface area (Å²) >= 11 is 1.89. The number of nitrogens with one attached hydrogen (secondary N) is 1. The Morgan fingerprint density at radius 1 is 1.29 bits per heavy atom. The molecule has 1 atom stereocenters. The van der Waals surface area contributed by atoms with Gasteiger partial charge in [0, 0.05) is 23.5 Å². The predicted molar refractivity (Wildman–Crippen MR) is 62.0 cm³/mol. The molecule has 2 heterocycles. The second-order valence-corrected chi connectivity index (χ2v) is 5.18. The van der Waals surface area contributed by atoms with Gasteiger partial charge in [-0.15, -0.1) is 8.78 Å². The third-order valence-electron chi connectivity index (χ3n) is 2.70. The number of halogens is 2. The van der Waals surface area contributed by atoms with Gasteiger partial charge in [0.15, 0.2) is 11.5 Å². The first-order chi connectivity index (χ1) is 8.12. The van der Waals surface area contributed by atoms with E-state index >= 15 is 0 Å². The molecule has 0 aromatic heterocycles. The summed E-state index contributed by atoms with van der Waals surface area (Å²) in [5, 5.41) is 3.30. The maximum absolute atomic E-state index is 12.8. The predicted octanol–water partition coefficient (Wildman–Crippen LogP) is 2.93. The minimum absolute atomic E-state index is 0.0846. The van der Waals surface area contributed by atoms with Crippen LogP contribution in [0, 0.1) is 0 Å². The lowest BCUT2D eigenvalue weighted by atomic mass is 10.2. The van der Waals surface area contributed by atoms with Crippen LogP contribution in [0.5, 0.6) is 11.5 Å². The third kappa shape index (κ3) is 2.26. The Kier molecular flexibility index (Phi) is 2.54. The molecule has 2 aliphatic heterocycles. The van der Waals surface area contributed by atoms with Gasteiger partial charge < -0.3 is 14.8 Å². The lowest BCUT2D eigenvalue weighted by molar-refractivity contribution is -0.286. The zero-order valence-corrected chi connectivity index (χ0v) is 9.73. The minimum atomic E-state index is -3.54. The van der Waals surface area contributed by atoms with Crippen LogP contribution < -0.4 is 14.8 Å². The van der Waals surface area contributed by atoms with Crippen molar-refractivity contribution in [2.75, 3.05) is 16.8 Å². The number of rotatable bonds is 2. The Morgan fingerprint density at radius 2 is 2.12 bits per heavy atom. The minimum Gasteiger partial charge on any atom is -0.395 e. The monoisotopic (exact) mass is 259 g/mol. The van der Waals surface area contributed by atoms with Crippen LogP contribution in [-0.4, -0.2) is 23.8 Å². The van der Waals surface area contributed by atoms with Crippen molar-refractivity contribution in [1.82, 2.24) is 0 Å². The van der Waals surface area contributed by atoms with E-state index in [1.165, 1.54) is 6.07 Å². The van der Waals surface area contributed by atoms with Gasteiger partial charge in [-0.25, -0.2) is 0 Å². The molecule has 1 saturated heterocycles. The molecule has 6 heteroatoms. The molecule has 0 radical (unpaired) electrons. The molecule has 1 aromatic carbocycles. The van der Waals surface area contributed by atoms with Crippen molar-refractivity contribution in [3.05, 3.63) is 18.2 Å². The largest absolute Gasteiger partial charge is 0.586 e. The Labute approximate surface area is 101 Å². The van der Waals surface area contributed by atoms with Crippen LogP contribution >= 0.6 is 11.8 Å². The van der Waals surface area contributed by atoms with E-state index in [1.54, 1.807) is 12.1 Å². The molecule has 17 heavy (non-hydrogen) atoms. The van der Waals surface area contributed by atoms with E-state index in [0.717, 1.165) is 23.6 Å². The molecule has 0 bridgehead atoms. The lowest BCUT2D eigenvalue weighted by Gasteiger charge is -2.12. The van der Waals surface area contributed by atoms with Crippen LogP contribution in [0.4, 0.5) is 14.5 Å². The van der Waals surface area contributed by atoms with Crippen LogP contribution in [0.25, 0.3) is 0 Å². The molecule has 0 aliphatic carbocycles. The van der Waals surface area contributed by atoms with Crippen molar-refractivity contribution in [1.29, 1.82) is 0 Å². The summed E-state index contributed by atoms with van der Waals surface area (Å²) in [5.74, 6) is 2.36. The van der Waals surface area contributed by atoms with Crippen LogP contribution in [0.1, 0.15) is 6.42 Å². The molecule has 0 spiro atoms. The summed E-state index contributed by atoms with van der Waals surface area (Å²) < 4.78 is 34.3. The number of alkyl halides is 2. The Hall–Kier alpha value is -1.17. The van der Waals surface area contributed by atoms with Gasteiger partial charge in [-0.05, 0) is 24.3 Å². The van der Waals surface area contributed by atoms with Gasteiger partial charge >= 0.3 is 6.29 Å². The van der Waals surface area contributed by atoms with E-state index in [2.05, 4.69) is 14.8 Å². The fraction of sp³-hybridized carbons (Fsp3) is 0.455. The van der Waals surface area contributed by atoms with E-state index in [0.29, 0.717) is 6.04 Å². The van der Waals surface area contributed by atoms with Crippen molar-refractivity contribution in [3.8, 4) is 11.5 Å². The molecule has 2 aliphatic rings. The van der Waals surface area contributed by atoms with Crippen LogP contribution in [0.2, 0.25) is 0 Å². The summed E-state index contributed by atoms with van der Waals surface area (Å²) in [6.45, 7) is 0. The zero-order valence-electron chi connectivity index (χ0n) is 8.91. The summed E-state index contributed by atoms with van der Waals surface area (Å²) in [7, 11) is 0. The quantitative estimate of drug-likeness (QED) is 0.884. The van der Waals surface area contributed by atoms with E-state index in [4.69, 9.17) is 0 Å². The van der Waals surface area contributed by atoms with Crippen LogP contribution in [0.3, 0.4) is 0 Å². The van der Waals surface area contributed by atoms with Crippen LogP contribution in [0.15, 0.2) is 18.2 Å². The Morgan fingerprint density at radius 3 is 2.88 bits per heavy atom. The number of fused-ring (bicyclic) bond motifs is 1. The fourth-order valence-electron chi connectivity index (χ4n) is 1.92. The normalized spacial score (nSPS) is 24.9. The van der Waals surface area contributed by atoms with E-state index in [9.17, 15) is 8.78 Å². The highest BCUT2D eigenvalue weighted by molar-refractivity contribution is 7.99. The summed E-state index contributed by atoms with van der Waals surface area (Å²) in [6, 6.07) is 5.19. The number of hydrogen-bond acceptors (Lipinski definition) is 4. The smallest absolute Gasteiger partial charge is 0.395 e. The molecule has 92 valence electrons. The van der Waals surface area contributed by atoms with E-state index < -0.39 is 6.29 Å². The van der Waals surface area contributed by atoms with Gasteiger partial charge in [-0.1, -0.05) is 0 Å². The first-order valence-corrected chi connectivity index (χ1v) is 6.52. The maximum Gasteiger partial charge on any atom is 0.586 e. The zero-order chi connectivity index (χ0) is 11.9. The summed E-state index contributed by atoms with van der Waals surface area (Å²) in [6.07, 6.45) is -2.45. The Balaban J connectivity index is 1.76. The summed E-state index contributed by atoms with van der Waals surface area (Å²) in [4.78, 5) is 0. The van der Waals surface area contributed by atoms with Gasteiger partial charge in [0.2, 0.25) is 0 Å². The van der Waals surface area contributed by atoms with E-state index in [1.807, 2.05) is 11.8 Å². The molecule has 1 N–H and O–H groups in total. The molecule has 0 amide bonds. The number of ether oxygens (including phenoxy) is 2. The van der Waals surface area contributed by atoms with Crippen LogP contribution in [-0.2, 0) is 0 Å². The van der Waals surface area contributed by atoms with E-state index in [-0.39, 0.29) is 11.5 Å². The molecule has 1 fully saturated rings. The average molecular weight is 259 g/mol. The highest BCUT2D eigenvalue weighted by atomic mass is 32.2. The number of anilines is 1. The second-order valence-electron chi connectivity index (χ2n) is 4.03. The highest BCUT2D eigenvalue weighted by Crippen LogP contribution is 2.42. The number of thioether (sulfide) groups is 1. The van der Waals surface area contributed by atoms with Crippen molar-refractivity contribution in [2.24, 2.45) is 0 Å². The van der Waals surface area contributed by atoms with Crippen molar-refractivity contribution in [3.63, 3.8) is 0 Å². The average Bonchev–Trinajstić information content (AvgIpc) is 2.83. The van der Waals surface area contributed by atoms with Crippen molar-refractivity contribution in [2.45, 2.75) is 18.8 Å². The van der Waals surface area contributed by atoms with Gasteiger partial charge in [0.05, 0.1) is 0 Å². The molecular formula is C11H11F2NO2S. The number of benzene rings is 1. The molecule has 0 saturated carbocycles. The van der Waals surface area contributed by atoms with Gasteiger partial charge in [0.25, 0.3) is 0 Å². The summed E-state index contributed by atoms with van der Waals surface area (Å²) in [5.41, 5.74) is 0.789. The molecule has 1 aromatic rings. The molecule has 1 unspecified atom stereocenters. The van der Waals surface area contributed by atoms with Gasteiger partial charge in [-0.2, -0.15) is 11.8 Å². The first kappa shape index (κ1) is 11.0. The molecular weight excluding hydrogens is 248 g/mol. The molecule has 3 rings (SSSR count). The highest BCUT2D eigenvalue weighted by Gasteiger charge is 2.43. The van der Waals surface area contributed by atoms with Gasteiger partial charge in [0.1, 0.15) is 0 Å². The molecule has 3 nitrogen and oxygen atoms in total. The second kappa shape index (κ2) is 3.94. The van der Waals surface area contributed by atoms with Crippen molar-refractivity contribution < 1.29 is 18.3 Å². The maximum atomic E-state index is 12.8. The lowest BCUT2D eigenvalue weighted by Crippen LogP contribution is -2.25.